The van der Waals surface area contributed by atoms with Gasteiger partial charge in [0.15, 0.2) is 0 Å². The summed E-state index contributed by atoms with van der Waals surface area (Å²) in [5.74, 6) is -5.01. The highest BCUT2D eigenvalue weighted by molar-refractivity contribution is 6.51. The van der Waals surface area contributed by atoms with Gasteiger partial charge in [-0.3, -0.25) is 9.59 Å². The van der Waals surface area contributed by atoms with Crippen LogP contribution in [0, 0.1) is 23.1 Å². The van der Waals surface area contributed by atoms with E-state index in [1.54, 1.807) is 6.07 Å². The second-order valence-corrected chi connectivity index (χ2v) is 8.20. The summed E-state index contributed by atoms with van der Waals surface area (Å²) in [5.41, 5.74) is -0.450. The first kappa shape index (κ1) is 25.2. The Hall–Kier alpha value is -4.40. The number of halogens is 1. The lowest BCUT2D eigenvalue weighted by Crippen LogP contribution is -2.55. The summed E-state index contributed by atoms with van der Waals surface area (Å²) in [4.78, 5) is 48.5. The molecule has 35 heavy (non-hydrogen) atoms. The molecule has 0 unspecified atom stereocenters. The quantitative estimate of drug-likeness (QED) is 0.484. The van der Waals surface area contributed by atoms with Gasteiger partial charge >= 0.3 is 19.1 Å². The Bertz CT molecular complexity index is 1230. The molecule has 2 amide bonds. The van der Waals surface area contributed by atoms with Gasteiger partial charge in [0.1, 0.15) is 11.6 Å². The third-order valence-corrected chi connectivity index (χ3v) is 5.06. The summed E-state index contributed by atoms with van der Waals surface area (Å²) in [6, 6.07) is 8.85. The molecule has 1 atom stereocenters. The van der Waals surface area contributed by atoms with Gasteiger partial charge < -0.3 is 25.0 Å². The molecule has 0 bridgehead atoms. The van der Waals surface area contributed by atoms with Crippen LogP contribution in [0.3, 0.4) is 0 Å². The number of carboxylic acid groups (broad SMARTS) is 1. The molecule has 180 valence electrons. The second-order valence-electron chi connectivity index (χ2n) is 8.20. The lowest BCUT2D eigenvalue weighted by molar-refractivity contribution is -0.120. The summed E-state index contributed by atoms with van der Waals surface area (Å²) >= 11 is 0. The lowest BCUT2D eigenvalue weighted by Gasteiger charge is -2.29. The topological polar surface area (TPSA) is 155 Å². The second kappa shape index (κ2) is 10.7. The lowest BCUT2D eigenvalue weighted by atomic mass is 9.72. The van der Waals surface area contributed by atoms with Crippen molar-refractivity contribution in [3.05, 3.63) is 64.5 Å². The van der Waals surface area contributed by atoms with E-state index < -0.39 is 49.2 Å². The van der Waals surface area contributed by atoms with Crippen LogP contribution in [0.1, 0.15) is 56.9 Å². The third-order valence-electron chi connectivity index (χ3n) is 5.06. The minimum atomic E-state index is -1.21. The fraction of sp³-hybridized carbons (Fsp3) is 0.261. The molecule has 1 aliphatic rings. The minimum absolute atomic E-state index is 0.0512. The highest BCUT2D eigenvalue weighted by Gasteiger charge is 2.42. The Morgan fingerprint density at radius 3 is 2.57 bits per heavy atom. The summed E-state index contributed by atoms with van der Waals surface area (Å²) in [7, 11) is -1.20. The average molecular weight is 481 g/mol. The summed E-state index contributed by atoms with van der Waals surface area (Å²) in [6.45, 7) is 3.25. The van der Waals surface area contributed by atoms with Gasteiger partial charge in [-0.15, -0.1) is 0 Å². The number of hydrogen-bond donors (Lipinski definition) is 3. The maximum Gasteiger partial charge on any atom is 0.620 e. The van der Waals surface area contributed by atoms with E-state index >= 15 is 0 Å². The van der Waals surface area contributed by atoms with E-state index in [-0.39, 0.29) is 33.9 Å². The summed E-state index contributed by atoms with van der Waals surface area (Å²) in [6.07, 6.45) is 0.346. The van der Waals surface area contributed by atoms with Crippen molar-refractivity contribution in [3.63, 3.8) is 0 Å². The van der Waals surface area contributed by atoms with Crippen LogP contribution in [-0.2, 0) is 9.45 Å². The number of nitrogens with one attached hydrogen (secondary N) is 2. The number of nitriles is 1. The highest BCUT2D eigenvalue weighted by Crippen LogP contribution is 2.28. The van der Waals surface area contributed by atoms with E-state index in [0.29, 0.717) is 6.42 Å². The highest BCUT2D eigenvalue weighted by atomic mass is 19.1. The monoisotopic (exact) mass is 481 g/mol. The normalized spacial score (nSPS) is 13.1. The van der Waals surface area contributed by atoms with Gasteiger partial charge in [0.05, 0.1) is 40.8 Å². The molecular weight excluding hydrogens is 460 g/mol. The van der Waals surface area contributed by atoms with E-state index in [9.17, 15) is 23.6 Å². The van der Waals surface area contributed by atoms with Gasteiger partial charge in [-0.2, -0.15) is 5.26 Å². The van der Waals surface area contributed by atoms with Gasteiger partial charge in [0.25, 0.3) is 5.91 Å². The Kier molecular flexibility index (Phi) is 7.71. The Morgan fingerprint density at radius 2 is 1.91 bits per heavy atom. The van der Waals surface area contributed by atoms with Crippen LogP contribution in [0.4, 0.5) is 4.39 Å². The molecule has 0 saturated carbocycles. The fourth-order valence-electron chi connectivity index (χ4n) is 3.44. The molecule has 10 nitrogen and oxygen atoms in total. The molecule has 2 aromatic carbocycles. The van der Waals surface area contributed by atoms with Crippen molar-refractivity contribution in [2.45, 2.75) is 26.2 Å². The van der Waals surface area contributed by atoms with E-state index in [0.717, 1.165) is 18.2 Å². The number of amides is 2. The van der Waals surface area contributed by atoms with Gasteiger partial charge in [-0.25, -0.2) is 14.0 Å². The Labute approximate surface area is 200 Å². The zero-order valence-electron chi connectivity index (χ0n) is 18.8. The van der Waals surface area contributed by atoms with Crippen LogP contribution >= 0.6 is 0 Å². The molecule has 3 N–H and O–H groups in total. The molecule has 1 aliphatic heterocycles. The van der Waals surface area contributed by atoms with Crippen molar-refractivity contribution in [3.8, 4) is 11.8 Å². The summed E-state index contributed by atoms with van der Waals surface area (Å²) < 4.78 is 25.0. The smallest absolute Gasteiger partial charge is 0.524 e. The van der Waals surface area contributed by atoms with Crippen molar-refractivity contribution >= 4 is 30.9 Å². The van der Waals surface area contributed by atoms with Crippen LogP contribution in [0.25, 0.3) is 0 Å². The SMILES string of the molecule is CC(C)C[C@H](NC(=O)CNC(=O)c1cc(C#N)ccc1F)B1OC(=O)c2cc(C(=O)O)ccc2O1. The minimum Gasteiger partial charge on any atom is -0.524 e. The van der Waals surface area contributed by atoms with Crippen LogP contribution in [0.15, 0.2) is 36.4 Å². The van der Waals surface area contributed by atoms with Crippen LogP contribution < -0.4 is 15.3 Å². The number of aromatic carboxylic acids is 1. The predicted molar refractivity (Wildman–Crippen MR) is 120 cm³/mol. The molecule has 0 fully saturated rings. The largest absolute Gasteiger partial charge is 0.620 e. The van der Waals surface area contributed by atoms with Crippen molar-refractivity contribution < 1.29 is 38.0 Å². The van der Waals surface area contributed by atoms with Gasteiger partial charge in [-0.1, -0.05) is 13.8 Å². The van der Waals surface area contributed by atoms with E-state index in [4.69, 9.17) is 19.7 Å². The maximum absolute atomic E-state index is 13.9. The molecule has 3 rings (SSSR count). The van der Waals surface area contributed by atoms with Gasteiger partial charge in [0, 0.05) is 0 Å². The first-order valence-electron chi connectivity index (χ1n) is 10.6. The summed E-state index contributed by atoms with van der Waals surface area (Å²) in [5, 5.41) is 23.0. The standard InChI is InChI=1S/C23H21BFN3O7/c1-12(2)7-19(24-34-18-6-4-14(22(31)32)9-16(18)23(33)35-24)28-20(29)11-27-21(30)15-8-13(10-26)3-5-17(15)25/h3-6,8-9,12,19H,7,11H2,1-2H3,(H,27,30)(H,28,29)(H,31,32)/t19-/m0/s1. The number of rotatable bonds is 8. The molecular formula is C23H21BFN3O7. The number of carbonyl (C=O) groups is 4. The molecule has 0 aromatic heterocycles. The third kappa shape index (κ3) is 6.14. The Morgan fingerprint density at radius 1 is 1.17 bits per heavy atom. The molecule has 0 aliphatic carbocycles. The molecule has 2 aromatic rings. The first-order valence-corrected chi connectivity index (χ1v) is 10.6. The first-order chi connectivity index (χ1) is 16.6. The van der Waals surface area contributed by atoms with Gasteiger partial charge in [0.2, 0.25) is 5.91 Å². The molecule has 0 spiro atoms. The van der Waals surface area contributed by atoms with Crippen LogP contribution in [0.2, 0.25) is 0 Å². The van der Waals surface area contributed by atoms with Crippen molar-refractivity contribution in [2.75, 3.05) is 6.54 Å². The van der Waals surface area contributed by atoms with E-state index in [1.165, 1.54) is 18.2 Å². The molecule has 12 heteroatoms. The van der Waals surface area contributed by atoms with Crippen LogP contribution in [-0.4, -0.2) is 48.5 Å². The average Bonchev–Trinajstić information content (AvgIpc) is 2.81. The van der Waals surface area contributed by atoms with Crippen LogP contribution in [0.5, 0.6) is 5.75 Å². The number of carboxylic acids is 1. The number of nitrogens with zero attached hydrogens (tertiary/aromatic N) is 1. The van der Waals surface area contributed by atoms with E-state index in [1.807, 2.05) is 13.8 Å². The zero-order chi connectivity index (χ0) is 25.7. The predicted octanol–water partition coefficient (Wildman–Crippen LogP) is 1.93. The maximum atomic E-state index is 13.9. The fourth-order valence-corrected chi connectivity index (χ4v) is 3.44. The van der Waals surface area contributed by atoms with Crippen molar-refractivity contribution in [1.82, 2.24) is 10.6 Å². The molecule has 0 saturated heterocycles. The number of fused-ring (bicyclic) bond motifs is 1. The van der Waals surface area contributed by atoms with E-state index in [2.05, 4.69) is 10.6 Å². The zero-order valence-corrected chi connectivity index (χ0v) is 18.8. The number of hydrogen-bond acceptors (Lipinski definition) is 7. The molecule has 0 radical (unpaired) electrons. The number of benzene rings is 2. The Balaban J connectivity index is 1.68. The van der Waals surface area contributed by atoms with Crippen molar-refractivity contribution in [2.24, 2.45) is 5.92 Å². The van der Waals surface area contributed by atoms with Gasteiger partial charge in [-0.05, 0) is 48.7 Å². The van der Waals surface area contributed by atoms with Crippen molar-refractivity contribution in [1.29, 1.82) is 5.26 Å². The molecule has 1 heterocycles. The number of carbonyl (C=O) groups excluding carboxylic acids is 3.